The van der Waals surface area contributed by atoms with Crippen LogP contribution in [-0.2, 0) is 13.1 Å². The van der Waals surface area contributed by atoms with Crippen molar-refractivity contribution in [1.82, 2.24) is 24.3 Å². The topological polar surface area (TPSA) is 82.7 Å². The zero-order valence-corrected chi connectivity index (χ0v) is 12.7. The monoisotopic (exact) mass is 333 g/mol. The Labute approximate surface area is 133 Å². The van der Waals surface area contributed by atoms with Crippen LogP contribution in [0.4, 0.5) is 4.39 Å². The first-order valence-electron chi connectivity index (χ1n) is 6.76. The van der Waals surface area contributed by atoms with E-state index in [1.165, 1.54) is 28.3 Å². The van der Waals surface area contributed by atoms with Gasteiger partial charge in [-0.3, -0.25) is 14.6 Å². The van der Waals surface area contributed by atoms with Crippen molar-refractivity contribution in [2.75, 3.05) is 6.67 Å². The van der Waals surface area contributed by atoms with Gasteiger partial charge in [0.25, 0.3) is 0 Å². The van der Waals surface area contributed by atoms with E-state index < -0.39 is 17.8 Å². The van der Waals surface area contributed by atoms with Crippen LogP contribution < -0.4 is 11.1 Å². The number of alkyl halides is 1. The fourth-order valence-electron chi connectivity index (χ4n) is 2.03. The molecular weight excluding hydrogens is 321 g/mol. The van der Waals surface area contributed by atoms with E-state index in [-0.39, 0.29) is 13.1 Å². The fourth-order valence-corrected chi connectivity index (χ4v) is 2.61. The molecule has 0 atom stereocenters. The van der Waals surface area contributed by atoms with E-state index in [9.17, 15) is 14.0 Å². The predicted molar refractivity (Wildman–Crippen MR) is 83.2 cm³/mol. The minimum atomic E-state index is -0.751. The number of thiazole rings is 1. The average Bonchev–Trinajstić information content (AvgIpc) is 3.10. The lowest BCUT2D eigenvalue weighted by Crippen LogP contribution is -2.41. The van der Waals surface area contributed by atoms with E-state index in [4.69, 9.17) is 0 Å². The van der Waals surface area contributed by atoms with Crippen LogP contribution in [0.5, 0.6) is 0 Å². The highest BCUT2D eigenvalue weighted by atomic mass is 32.1. The Morgan fingerprint density at radius 3 is 2.52 bits per heavy atom. The molecule has 3 rings (SSSR count). The van der Waals surface area contributed by atoms with Gasteiger partial charge in [-0.2, -0.15) is 5.10 Å². The summed E-state index contributed by atoms with van der Waals surface area (Å²) in [5, 5.41) is 8.15. The number of hydrogen-bond acceptors (Lipinski definition) is 6. The summed E-state index contributed by atoms with van der Waals surface area (Å²) >= 11 is 1.45. The van der Waals surface area contributed by atoms with Crippen LogP contribution in [-0.4, -0.2) is 31.0 Å². The number of halogens is 1. The lowest BCUT2D eigenvalue weighted by Gasteiger charge is -2.07. The average molecular weight is 333 g/mol. The highest BCUT2D eigenvalue weighted by Gasteiger charge is 2.07. The normalized spacial score (nSPS) is 10.8. The van der Waals surface area contributed by atoms with Crippen molar-refractivity contribution >= 4 is 11.3 Å². The van der Waals surface area contributed by atoms with Gasteiger partial charge >= 0.3 is 11.1 Å². The third-order valence-corrected chi connectivity index (χ3v) is 3.99. The van der Waals surface area contributed by atoms with Crippen LogP contribution in [0.1, 0.15) is 5.69 Å². The molecule has 23 heavy (non-hydrogen) atoms. The molecule has 0 saturated carbocycles. The van der Waals surface area contributed by atoms with E-state index in [0.29, 0.717) is 11.4 Å². The van der Waals surface area contributed by atoms with Crippen molar-refractivity contribution in [2.45, 2.75) is 13.1 Å². The largest absolute Gasteiger partial charge is 0.316 e. The van der Waals surface area contributed by atoms with Crippen molar-refractivity contribution in [3.63, 3.8) is 0 Å². The van der Waals surface area contributed by atoms with Gasteiger partial charge in [-0.05, 0) is 12.1 Å². The van der Waals surface area contributed by atoms with Gasteiger partial charge in [0.2, 0.25) is 0 Å². The molecule has 0 unspecified atom stereocenters. The van der Waals surface area contributed by atoms with Crippen molar-refractivity contribution in [2.24, 2.45) is 0 Å². The lowest BCUT2D eigenvalue weighted by molar-refractivity contribution is 0.436. The van der Waals surface area contributed by atoms with Crippen LogP contribution in [0, 0.1) is 0 Å². The molecule has 0 aliphatic rings. The Bertz CT molecular complexity index is 902. The van der Waals surface area contributed by atoms with E-state index >= 15 is 0 Å². The first-order valence-corrected chi connectivity index (χ1v) is 7.64. The minimum absolute atomic E-state index is 0.126. The number of hydrogen-bond donors (Lipinski definition) is 0. The van der Waals surface area contributed by atoms with Gasteiger partial charge < -0.3 is 9.13 Å². The Morgan fingerprint density at radius 2 is 1.87 bits per heavy atom. The molecule has 3 aromatic heterocycles. The molecule has 0 fully saturated rings. The lowest BCUT2D eigenvalue weighted by atomic mass is 10.3. The Kier molecular flexibility index (Phi) is 4.38. The first-order chi connectivity index (χ1) is 11.2. The molecule has 0 radical (unpaired) electrons. The maximum absolute atomic E-state index is 12.3. The SMILES string of the molecule is O=c1c(=O)n(Cc2ccc(-c3cncs3)nn2)ccn1CCF. The standard InChI is InChI=1S/C14H12FN5O2S/c15-3-4-19-5-6-20(14(22)13(19)21)8-10-1-2-11(18-17-10)12-7-16-9-23-12/h1-2,5-7,9H,3-4,8H2. The van der Waals surface area contributed by atoms with E-state index in [1.54, 1.807) is 23.8 Å². The number of rotatable bonds is 5. The zero-order chi connectivity index (χ0) is 16.2. The minimum Gasteiger partial charge on any atom is -0.307 e. The van der Waals surface area contributed by atoms with E-state index in [0.717, 1.165) is 9.44 Å². The van der Waals surface area contributed by atoms with E-state index in [1.807, 2.05) is 0 Å². The maximum atomic E-state index is 12.3. The fraction of sp³-hybridized carbons (Fsp3) is 0.214. The molecule has 0 aliphatic carbocycles. The molecule has 118 valence electrons. The summed E-state index contributed by atoms with van der Waals surface area (Å²) in [6.07, 6.45) is 4.53. The molecule has 3 heterocycles. The molecule has 0 saturated heterocycles. The van der Waals surface area contributed by atoms with Crippen LogP contribution in [0.25, 0.3) is 10.6 Å². The van der Waals surface area contributed by atoms with Crippen LogP contribution in [0.2, 0.25) is 0 Å². The zero-order valence-electron chi connectivity index (χ0n) is 11.9. The molecule has 0 amide bonds. The molecular formula is C14H12FN5O2S. The second kappa shape index (κ2) is 6.61. The molecule has 7 nitrogen and oxygen atoms in total. The van der Waals surface area contributed by atoms with Gasteiger partial charge in [0.1, 0.15) is 12.4 Å². The Morgan fingerprint density at radius 1 is 1.09 bits per heavy atom. The molecule has 3 aromatic rings. The van der Waals surface area contributed by atoms with Crippen LogP contribution in [0.15, 0.2) is 45.8 Å². The van der Waals surface area contributed by atoms with Crippen LogP contribution >= 0.6 is 11.3 Å². The Balaban J connectivity index is 1.84. The van der Waals surface area contributed by atoms with Crippen molar-refractivity contribution < 1.29 is 4.39 Å². The highest BCUT2D eigenvalue weighted by molar-refractivity contribution is 7.13. The molecule has 9 heteroatoms. The quantitative estimate of drug-likeness (QED) is 0.649. The van der Waals surface area contributed by atoms with Crippen molar-refractivity contribution in [3.8, 4) is 10.6 Å². The number of aromatic nitrogens is 5. The summed E-state index contributed by atoms with van der Waals surface area (Å²) in [5.74, 6) is 0. The maximum Gasteiger partial charge on any atom is 0.316 e. The van der Waals surface area contributed by atoms with E-state index in [2.05, 4.69) is 15.2 Å². The highest BCUT2D eigenvalue weighted by Crippen LogP contribution is 2.19. The summed E-state index contributed by atoms with van der Waals surface area (Å²) in [7, 11) is 0. The van der Waals surface area contributed by atoms with Gasteiger partial charge in [0, 0.05) is 18.6 Å². The third-order valence-electron chi connectivity index (χ3n) is 3.19. The number of aryl methyl sites for hydroxylation is 1. The van der Waals surface area contributed by atoms with Gasteiger partial charge in [0.05, 0.1) is 29.2 Å². The van der Waals surface area contributed by atoms with Crippen molar-refractivity contribution in [1.29, 1.82) is 0 Å². The summed E-state index contributed by atoms with van der Waals surface area (Å²) in [5.41, 5.74) is 1.48. The summed E-state index contributed by atoms with van der Waals surface area (Å²) < 4.78 is 14.6. The Hall–Kier alpha value is -2.68. The summed E-state index contributed by atoms with van der Waals surface area (Å²) in [6.45, 7) is -0.702. The molecule has 0 N–H and O–H groups in total. The first kappa shape index (κ1) is 15.2. The molecule has 0 bridgehead atoms. The predicted octanol–water partition coefficient (Wildman–Crippen LogP) is 0.941. The van der Waals surface area contributed by atoms with Crippen LogP contribution in [0.3, 0.4) is 0 Å². The number of nitrogens with zero attached hydrogens (tertiary/aromatic N) is 5. The second-order valence-electron chi connectivity index (χ2n) is 4.69. The smallest absolute Gasteiger partial charge is 0.307 e. The summed E-state index contributed by atoms with van der Waals surface area (Å²) in [4.78, 5) is 28.6. The van der Waals surface area contributed by atoms with Gasteiger partial charge in [0.15, 0.2) is 0 Å². The van der Waals surface area contributed by atoms with Gasteiger partial charge in [-0.15, -0.1) is 16.4 Å². The van der Waals surface area contributed by atoms with Crippen molar-refractivity contribution in [3.05, 3.63) is 62.6 Å². The molecule has 0 spiro atoms. The van der Waals surface area contributed by atoms with Gasteiger partial charge in [-0.25, -0.2) is 4.39 Å². The molecule has 0 aromatic carbocycles. The third kappa shape index (κ3) is 3.24. The second-order valence-corrected chi connectivity index (χ2v) is 5.58. The van der Waals surface area contributed by atoms with Gasteiger partial charge in [-0.1, -0.05) is 0 Å². The summed E-state index contributed by atoms with van der Waals surface area (Å²) in [6, 6.07) is 3.52. The molecule has 0 aliphatic heterocycles.